The van der Waals surface area contributed by atoms with Crippen LogP contribution in [0.4, 0.5) is 0 Å². The molecule has 1 heterocycles. The van der Waals surface area contributed by atoms with Gasteiger partial charge in [0, 0.05) is 17.5 Å². The summed E-state index contributed by atoms with van der Waals surface area (Å²) in [5.74, 6) is 4.15. The van der Waals surface area contributed by atoms with Crippen molar-refractivity contribution in [3.05, 3.63) is 20.8 Å². The van der Waals surface area contributed by atoms with Gasteiger partial charge in [-0.15, -0.1) is 11.3 Å². The molecule has 4 bridgehead atoms. The molecule has 0 saturated heterocycles. The third-order valence-corrected chi connectivity index (χ3v) is 6.99. The molecule has 5 rings (SSSR count). The summed E-state index contributed by atoms with van der Waals surface area (Å²) in [6.07, 6.45) is 7.60. The lowest BCUT2D eigenvalue weighted by atomic mass is 9.54. The van der Waals surface area contributed by atoms with Crippen molar-refractivity contribution in [2.24, 2.45) is 23.7 Å². The quantitative estimate of drug-likeness (QED) is 0.867. The molecule has 1 nitrogen and oxygen atoms in total. The second-order valence-electron chi connectivity index (χ2n) is 6.54. The molecular formula is C15H20BrNS. The Kier molecular flexibility index (Phi) is 3.05. The van der Waals surface area contributed by atoms with Crippen molar-refractivity contribution in [1.82, 2.24) is 5.32 Å². The van der Waals surface area contributed by atoms with Gasteiger partial charge in [0.05, 0.1) is 3.79 Å². The number of thiophene rings is 1. The predicted octanol–water partition coefficient (Wildman–Crippen LogP) is 4.42. The molecule has 0 aliphatic heterocycles. The van der Waals surface area contributed by atoms with Gasteiger partial charge in [-0.2, -0.15) is 0 Å². The normalized spacial score (nSPS) is 41.5. The molecule has 1 N–H and O–H groups in total. The van der Waals surface area contributed by atoms with Crippen molar-refractivity contribution in [2.75, 3.05) is 0 Å². The maximum absolute atomic E-state index is 3.88. The highest BCUT2D eigenvalue weighted by Gasteiger charge is 2.47. The lowest BCUT2D eigenvalue weighted by Crippen LogP contribution is -2.54. The maximum atomic E-state index is 3.88. The van der Waals surface area contributed by atoms with E-state index >= 15 is 0 Å². The number of hydrogen-bond acceptors (Lipinski definition) is 2. The van der Waals surface area contributed by atoms with Gasteiger partial charge in [0.15, 0.2) is 0 Å². The first-order valence-corrected chi connectivity index (χ1v) is 8.86. The monoisotopic (exact) mass is 325 g/mol. The van der Waals surface area contributed by atoms with E-state index in [0.717, 1.165) is 36.3 Å². The lowest BCUT2D eigenvalue weighted by Gasteiger charge is -2.54. The van der Waals surface area contributed by atoms with Crippen LogP contribution in [-0.4, -0.2) is 6.04 Å². The lowest BCUT2D eigenvalue weighted by molar-refractivity contribution is -0.0141. The Morgan fingerprint density at radius 3 is 2.28 bits per heavy atom. The van der Waals surface area contributed by atoms with Gasteiger partial charge in [-0.3, -0.25) is 0 Å². The van der Waals surface area contributed by atoms with E-state index in [1.807, 2.05) is 11.3 Å². The highest BCUT2D eigenvalue weighted by Crippen LogP contribution is 2.53. The van der Waals surface area contributed by atoms with Gasteiger partial charge in [-0.1, -0.05) is 0 Å². The van der Waals surface area contributed by atoms with Gasteiger partial charge in [-0.05, 0) is 83.8 Å². The molecule has 4 aliphatic rings. The molecule has 98 valence electrons. The maximum Gasteiger partial charge on any atom is 0.0701 e. The zero-order valence-electron chi connectivity index (χ0n) is 10.6. The van der Waals surface area contributed by atoms with Crippen LogP contribution in [-0.2, 0) is 6.54 Å². The molecule has 0 spiro atoms. The molecule has 4 fully saturated rings. The Labute approximate surface area is 121 Å². The van der Waals surface area contributed by atoms with E-state index in [1.54, 1.807) is 6.42 Å². The number of halogens is 1. The summed E-state index contributed by atoms with van der Waals surface area (Å²) in [6.45, 7) is 1.07. The Balaban J connectivity index is 1.43. The van der Waals surface area contributed by atoms with Gasteiger partial charge in [0.2, 0.25) is 0 Å². The highest BCUT2D eigenvalue weighted by atomic mass is 79.9. The van der Waals surface area contributed by atoms with Gasteiger partial charge in [-0.25, -0.2) is 0 Å². The van der Waals surface area contributed by atoms with Crippen LogP contribution in [0.15, 0.2) is 15.9 Å². The van der Waals surface area contributed by atoms with Crippen LogP contribution in [0.25, 0.3) is 0 Å². The third-order valence-electron chi connectivity index (χ3n) is 5.37. The van der Waals surface area contributed by atoms with Crippen LogP contribution >= 0.6 is 27.3 Å². The fourth-order valence-electron chi connectivity index (χ4n) is 4.92. The summed E-state index contributed by atoms with van der Waals surface area (Å²) in [5, 5.41) is 3.88. The molecule has 0 aromatic carbocycles. The largest absolute Gasteiger partial charge is 0.309 e. The van der Waals surface area contributed by atoms with Crippen molar-refractivity contribution in [3.8, 4) is 0 Å². The Morgan fingerprint density at radius 2 is 1.72 bits per heavy atom. The van der Waals surface area contributed by atoms with E-state index in [2.05, 4.69) is 33.4 Å². The molecule has 1 aromatic heterocycles. The van der Waals surface area contributed by atoms with E-state index in [4.69, 9.17) is 0 Å². The van der Waals surface area contributed by atoms with Gasteiger partial charge in [0.1, 0.15) is 0 Å². The van der Waals surface area contributed by atoms with Crippen LogP contribution in [0, 0.1) is 23.7 Å². The third kappa shape index (κ3) is 2.08. The standard InChI is InChI=1S/C15H20BrNS/c16-14-2-1-13(18-14)8-17-15-11-4-9-3-10(6-11)7-12(15)5-9/h1-2,9-12,15,17H,3-8H2. The van der Waals surface area contributed by atoms with Crippen LogP contribution in [0.5, 0.6) is 0 Å². The van der Waals surface area contributed by atoms with Crippen LogP contribution in [0.2, 0.25) is 0 Å². The Hall–Kier alpha value is 0.140. The molecule has 0 radical (unpaired) electrons. The van der Waals surface area contributed by atoms with E-state index in [0.29, 0.717) is 0 Å². The van der Waals surface area contributed by atoms with Gasteiger partial charge in [0.25, 0.3) is 0 Å². The van der Waals surface area contributed by atoms with Crippen molar-refractivity contribution < 1.29 is 0 Å². The summed E-state index contributed by atoms with van der Waals surface area (Å²) in [5.41, 5.74) is 0. The topological polar surface area (TPSA) is 12.0 Å². The van der Waals surface area contributed by atoms with Crippen LogP contribution in [0.1, 0.15) is 37.0 Å². The molecule has 1 aromatic rings. The molecule has 0 atom stereocenters. The van der Waals surface area contributed by atoms with Crippen LogP contribution < -0.4 is 5.32 Å². The Bertz CT molecular complexity index is 413. The first-order chi connectivity index (χ1) is 8.78. The molecule has 18 heavy (non-hydrogen) atoms. The number of hydrogen-bond donors (Lipinski definition) is 1. The molecule has 0 unspecified atom stereocenters. The molecule has 4 aliphatic carbocycles. The zero-order chi connectivity index (χ0) is 12.1. The molecule has 4 saturated carbocycles. The van der Waals surface area contributed by atoms with Crippen molar-refractivity contribution in [1.29, 1.82) is 0 Å². The van der Waals surface area contributed by atoms with E-state index in [9.17, 15) is 0 Å². The zero-order valence-corrected chi connectivity index (χ0v) is 13.0. The van der Waals surface area contributed by atoms with Crippen molar-refractivity contribution in [2.45, 2.75) is 44.7 Å². The first-order valence-electron chi connectivity index (χ1n) is 7.25. The minimum Gasteiger partial charge on any atom is -0.309 e. The predicted molar refractivity (Wildman–Crippen MR) is 79.7 cm³/mol. The first kappa shape index (κ1) is 11.9. The second-order valence-corrected chi connectivity index (χ2v) is 9.09. The number of nitrogens with one attached hydrogen (secondary N) is 1. The highest BCUT2D eigenvalue weighted by molar-refractivity contribution is 9.11. The molecule has 0 amide bonds. The summed E-state index contributed by atoms with van der Waals surface area (Å²) in [4.78, 5) is 1.47. The summed E-state index contributed by atoms with van der Waals surface area (Å²) in [6, 6.07) is 5.23. The smallest absolute Gasteiger partial charge is 0.0701 e. The molecular weight excluding hydrogens is 306 g/mol. The molecule has 3 heteroatoms. The average molecular weight is 326 g/mol. The summed E-state index contributed by atoms with van der Waals surface area (Å²) >= 11 is 5.42. The minimum absolute atomic E-state index is 0.818. The van der Waals surface area contributed by atoms with E-state index in [-0.39, 0.29) is 0 Å². The van der Waals surface area contributed by atoms with Crippen LogP contribution in [0.3, 0.4) is 0 Å². The van der Waals surface area contributed by atoms with Gasteiger partial charge >= 0.3 is 0 Å². The number of rotatable bonds is 3. The minimum atomic E-state index is 0.818. The summed E-state index contributed by atoms with van der Waals surface area (Å²) in [7, 11) is 0. The Morgan fingerprint density at radius 1 is 1.06 bits per heavy atom. The second kappa shape index (κ2) is 4.60. The fraction of sp³-hybridized carbons (Fsp3) is 0.733. The average Bonchev–Trinajstić information content (AvgIpc) is 2.73. The SMILES string of the molecule is Brc1ccc(CNC2C3CC4CC(C3)CC2C4)s1. The fourth-order valence-corrected chi connectivity index (χ4v) is 6.36. The van der Waals surface area contributed by atoms with E-state index < -0.39 is 0 Å². The summed E-state index contributed by atoms with van der Waals surface area (Å²) < 4.78 is 1.25. The van der Waals surface area contributed by atoms with Crippen molar-refractivity contribution >= 4 is 27.3 Å². The van der Waals surface area contributed by atoms with E-state index in [1.165, 1.54) is 34.3 Å². The van der Waals surface area contributed by atoms with Crippen molar-refractivity contribution in [3.63, 3.8) is 0 Å². The van der Waals surface area contributed by atoms with Gasteiger partial charge < -0.3 is 5.32 Å².